The summed E-state index contributed by atoms with van der Waals surface area (Å²) in [5, 5.41) is 0.748. The van der Waals surface area contributed by atoms with E-state index in [1.807, 2.05) is 36.0 Å². The lowest BCUT2D eigenvalue weighted by Gasteiger charge is -2.30. The Morgan fingerprint density at radius 1 is 1.11 bits per heavy atom. The third kappa shape index (κ3) is 4.52. The fourth-order valence-electron chi connectivity index (χ4n) is 1.93. The minimum atomic E-state index is -0.123. The zero-order valence-electron chi connectivity index (χ0n) is 10.6. The van der Waals surface area contributed by atoms with Crippen molar-refractivity contribution in [1.29, 1.82) is 0 Å². The molecule has 0 N–H and O–H groups in total. The van der Waals surface area contributed by atoms with Gasteiger partial charge in [-0.25, -0.2) is 0 Å². The lowest BCUT2D eigenvalue weighted by Crippen LogP contribution is -2.30. The average molecular weight is 326 g/mol. The Morgan fingerprint density at radius 3 is 2.22 bits per heavy atom. The van der Waals surface area contributed by atoms with Gasteiger partial charge in [-0.05, 0) is 42.0 Å². The first-order valence-electron chi connectivity index (χ1n) is 6.14. The molecule has 4 heteroatoms. The Labute approximate surface area is 129 Å². The first-order valence-corrected chi connectivity index (χ1v) is 8.74. The fourth-order valence-corrected chi connectivity index (χ4v) is 3.55. The van der Waals surface area contributed by atoms with Crippen LogP contribution in [-0.2, 0) is 5.41 Å². The number of hydrogen-bond donors (Lipinski definition) is 0. The van der Waals surface area contributed by atoms with Gasteiger partial charge in [-0.2, -0.15) is 11.8 Å². The van der Waals surface area contributed by atoms with E-state index in [1.165, 1.54) is 11.3 Å². The maximum Gasteiger partial charge on any atom is 0.0406 e. The monoisotopic (exact) mass is 324 g/mol. The van der Waals surface area contributed by atoms with Gasteiger partial charge in [0.25, 0.3) is 0 Å². The first-order chi connectivity index (χ1) is 8.68. The molecule has 0 radical (unpaired) electrons. The molecule has 0 fully saturated rings. The van der Waals surface area contributed by atoms with E-state index in [4.69, 9.17) is 34.8 Å². The van der Waals surface area contributed by atoms with Crippen LogP contribution in [0, 0.1) is 0 Å². The molecule has 1 aromatic carbocycles. The van der Waals surface area contributed by atoms with E-state index < -0.39 is 0 Å². The number of hydrogen-bond acceptors (Lipinski definition) is 1. The van der Waals surface area contributed by atoms with E-state index in [0.717, 1.165) is 23.6 Å². The highest BCUT2D eigenvalue weighted by Crippen LogP contribution is 2.33. The molecule has 0 saturated carbocycles. The van der Waals surface area contributed by atoms with Crippen LogP contribution >= 0.6 is 46.6 Å². The van der Waals surface area contributed by atoms with Gasteiger partial charge in [-0.15, -0.1) is 23.2 Å². The predicted octanol–water partition coefficient (Wildman–Crippen LogP) is 5.59. The summed E-state index contributed by atoms with van der Waals surface area (Å²) in [7, 11) is 0. The van der Waals surface area contributed by atoms with E-state index >= 15 is 0 Å². The second-order valence-electron chi connectivity index (χ2n) is 4.35. The molecule has 0 nitrogen and oxygen atoms in total. The normalized spacial score (nSPS) is 11.8. The van der Waals surface area contributed by atoms with Crippen molar-refractivity contribution in [2.24, 2.45) is 0 Å². The Balaban J connectivity index is 2.75. The zero-order chi connectivity index (χ0) is 13.4. The maximum atomic E-state index is 6.19. The van der Waals surface area contributed by atoms with E-state index in [0.29, 0.717) is 11.8 Å². The molecule has 0 spiro atoms. The molecule has 0 atom stereocenters. The molecule has 102 valence electrons. The number of alkyl halides is 2. The van der Waals surface area contributed by atoms with Gasteiger partial charge in [0.2, 0.25) is 0 Å². The standard InChI is InChI=1S/C14H19Cl3S/c1-2-18-9-3-8-14(10-15,11-16)12-4-6-13(17)7-5-12/h4-7H,2-3,8-11H2,1H3. The molecule has 0 bridgehead atoms. The maximum absolute atomic E-state index is 6.19. The summed E-state index contributed by atoms with van der Waals surface area (Å²) in [6, 6.07) is 7.90. The second-order valence-corrected chi connectivity index (χ2v) is 6.72. The average Bonchev–Trinajstić information content (AvgIpc) is 2.41. The van der Waals surface area contributed by atoms with Crippen molar-refractivity contribution in [3.8, 4) is 0 Å². The molecule has 0 saturated heterocycles. The Kier molecular flexibility index (Phi) is 7.86. The van der Waals surface area contributed by atoms with Crippen LogP contribution in [0.3, 0.4) is 0 Å². The third-order valence-electron chi connectivity index (χ3n) is 3.12. The molecule has 0 aliphatic rings. The van der Waals surface area contributed by atoms with Crippen LogP contribution in [0.15, 0.2) is 24.3 Å². The van der Waals surface area contributed by atoms with Gasteiger partial charge in [0, 0.05) is 22.2 Å². The fraction of sp³-hybridized carbons (Fsp3) is 0.571. The summed E-state index contributed by atoms with van der Waals surface area (Å²) in [6.45, 7) is 2.18. The van der Waals surface area contributed by atoms with Crippen LogP contribution in [0.4, 0.5) is 0 Å². The molecular formula is C14H19Cl3S. The molecule has 0 aliphatic heterocycles. The van der Waals surface area contributed by atoms with Crippen molar-refractivity contribution >= 4 is 46.6 Å². The Bertz CT molecular complexity index is 333. The van der Waals surface area contributed by atoms with Crippen molar-refractivity contribution in [1.82, 2.24) is 0 Å². The van der Waals surface area contributed by atoms with Crippen LogP contribution in [0.25, 0.3) is 0 Å². The Morgan fingerprint density at radius 2 is 1.72 bits per heavy atom. The smallest absolute Gasteiger partial charge is 0.0406 e. The van der Waals surface area contributed by atoms with E-state index in [9.17, 15) is 0 Å². The van der Waals surface area contributed by atoms with Crippen molar-refractivity contribution in [2.45, 2.75) is 25.2 Å². The molecule has 0 amide bonds. The molecule has 1 aromatic rings. The van der Waals surface area contributed by atoms with Gasteiger partial charge in [-0.1, -0.05) is 30.7 Å². The number of halogens is 3. The first kappa shape index (κ1) is 16.5. The zero-order valence-corrected chi connectivity index (χ0v) is 13.7. The van der Waals surface area contributed by atoms with E-state index in [2.05, 4.69) is 6.92 Å². The summed E-state index contributed by atoms with van der Waals surface area (Å²) in [5.41, 5.74) is 1.07. The molecule has 0 aromatic heterocycles. The van der Waals surface area contributed by atoms with Gasteiger partial charge < -0.3 is 0 Å². The molecule has 18 heavy (non-hydrogen) atoms. The summed E-state index contributed by atoms with van der Waals surface area (Å²) in [5.74, 6) is 3.43. The molecule has 1 rings (SSSR count). The topological polar surface area (TPSA) is 0 Å². The minimum absolute atomic E-state index is 0.123. The van der Waals surface area contributed by atoms with Gasteiger partial charge >= 0.3 is 0 Å². The van der Waals surface area contributed by atoms with Crippen molar-refractivity contribution in [3.63, 3.8) is 0 Å². The van der Waals surface area contributed by atoms with E-state index in [1.54, 1.807) is 0 Å². The molecule has 0 aliphatic carbocycles. The highest BCUT2D eigenvalue weighted by atomic mass is 35.5. The van der Waals surface area contributed by atoms with Crippen LogP contribution in [0.5, 0.6) is 0 Å². The van der Waals surface area contributed by atoms with Gasteiger partial charge in [0.15, 0.2) is 0 Å². The second kappa shape index (κ2) is 8.58. The SMILES string of the molecule is CCSCCCC(CCl)(CCl)c1ccc(Cl)cc1. The summed E-state index contributed by atoms with van der Waals surface area (Å²) in [6.07, 6.45) is 2.16. The number of rotatable bonds is 8. The molecule has 0 unspecified atom stereocenters. The molecule has 0 heterocycles. The summed E-state index contributed by atoms with van der Waals surface area (Å²) in [4.78, 5) is 0. The minimum Gasteiger partial charge on any atom is -0.162 e. The number of thioether (sulfide) groups is 1. The van der Waals surface area contributed by atoms with Crippen molar-refractivity contribution in [2.75, 3.05) is 23.3 Å². The van der Waals surface area contributed by atoms with Crippen LogP contribution in [-0.4, -0.2) is 23.3 Å². The van der Waals surface area contributed by atoms with Crippen LogP contribution in [0.2, 0.25) is 5.02 Å². The van der Waals surface area contributed by atoms with Crippen molar-refractivity contribution < 1.29 is 0 Å². The quantitative estimate of drug-likeness (QED) is 0.443. The van der Waals surface area contributed by atoms with Gasteiger partial charge in [0.1, 0.15) is 0 Å². The predicted molar refractivity (Wildman–Crippen MR) is 86.8 cm³/mol. The van der Waals surface area contributed by atoms with Crippen molar-refractivity contribution in [3.05, 3.63) is 34.9 Å². The van der Waals surface area contributed by atoms with Gasteiger partial charge in [0.05, 0.1) is 0 Å². The third-order valence-corrected chi connectivity index (χ3v) is 5.38. The lowest BCUT2D eigenvalue weighted by atomic mass is 9.80. The molecular weight excluding hydrogens is 307 g/mol. The number of benzene rings is 1. The van der Waals surface area contributed by atoms with Crippen LogP contribution < -0.4 is 0 Å². The van der Waals surface area contributed by atoms with E-state index in [-0.39, 0.29) is 5.41 Å². The lowest BCUT2D eigenvalue weighted by molar-refractivity contribution is 0.487. The van der Waals surface area contributed by atoms with Crippen LogP contribution in [0.1, 0.15) is 25.3 Å². The Hall–Kier alpha value is 0.440. The summed E-state index contributed by atoms with van der Waals surface area (Å²) < 4.78 is 0. The summed E-state index contributed by atoms with van der Waals surface area (Å²) >= 11 is 20.3. The van der Waals surface area contributed by atoms with Gasteiger partial charge in [-0.3, -0.25) is 0 Å². The largest absolute Gasteiger partial charge is 0.162 e. The highest BCUT2D eigenvalue weighted by Gasteiger charge is 2.30. The highest BCUT2D eigenvalue weighted by molar-refractivity contribution is 7.99.